The molecule has 0 atom stereocenters. The lowest BCUT2D eigenvalue weighted by atomic mass is 10.2. The third-order valence-corrected chi connectivity index (χ3v) is 3.21. The van der Waals surface area contributed by atoms with Crippen LogP contribution in [0.5, 0.6) is 0 Å². The van der Waals surface area contributed by atoms with Gasteiger partial charge in [-0.05, 0) is 40.5 Å². The van der Waals surface area contributed by atoms with Crippen LogP contribution in [0.3, 0.4) is 0 Å². The van der Waals surface area contributed by atoms with Crippen molar-refractivity contribution in [1.82, 2.24) is 4.90 Å². The van der Waals surface area contributed by atoms with Crippen LogP contribution in [0.25, 0.3) is 0 Å². The summed E-state index contributed by atoms with van der Waals surface area (Å²) in [6, 6.07) is 5.39. The topological polar surface area (TPSA) is 20.3 Å². The molecule has 0 heterocycles. The number of hydrogen-bond donors (Lipinski definition) is 1. The highest BCUT2D eigenvalue weighted by Crippen LogP contribution is 2.21. The van der Waals surface area contributed by atoms with Gasteiger partial charge in [-0.1, -0.05) is 12.8 Å². The molecule has 4 heteroatoms. The molecular weight excluding hydrogens is 298 g/mol. The summed E-state index contributed by atoms with van der Waals surface area (Å²) in [5.74, 6) is 2.45. The van der Waals surface area contributed by atoms with Crippen LogP contribution in [-0.4, -0.2) is 23.9 Å². The molecular formula is C13H14BrNOS. The molecule has 0 aliphatic rings. The molecule has 0 fully saturated rings. The minimum absolute atomic E-state index is 0.0624. The SMILES string of the molecule is C#CCN(CCC)C(=O)c1cc(S)ccc1Br. The Kier molecular flexibility index (Phi) is 5.60. The van der Waals surface area contributed by atoms with Gasteiger partial charge >= 0.3 is 0 Å². The van der Waals surface area contributed by atoms with Gasteiger partial charge in [0.2, 0.25) is 0 Å². The predicted octanol–water partition coefficient (Wildman–Crippen LogP) is 3.22. The maximum absolute atomic E-state index is 12.3. The third kappa shape index (κ3) is 3.79. The van der Waals surface area contributed by atoms with Gasteiger partial charge in [-0.25, -0.2) is 0 Å². The van der Waals surface area contributed by atoms with Crippen molar-refractivity contribution in [2.24, 2.45) is 0 Å². The molecule has 0 aliphatic heterocycles. The van der Waals surface area contributed by atoms with Crippen LogP contribution in [0.4, 0.5) is 0 Å². The molecule has 1 rings (SSSR count). The minimum Gasteiger partial charge on any atom is -0.327 e. The van der Waals surface area contributed by atoms with Gasteiger partial charge in [-0.15, -0.1) is 19.1 Å². The highest BCUT2D eigenvalue weighted by Gasteiger charge is 2.16. The first-order chi connectivity index (χ1) is 8.10. The molecule has 0 bridgehead atoms. The number of rotatable bonds is 4. The second-order valence-electron chi connectivity index (χ2n) is 3.59. The van der Waals surface area contributed by atoms with Gasteiger partial charge in [-0.2, -0.15) is 0 Å². The lowest BCUT2D eigenvalue weighted by Gasteiger charge is -2.20. The van der Waals surface area contributed by atoms with E-state index in [0.29, 0.717) is 18.7 Å². The molecule has 1 amide bonds. The molecule has 0 saturated carbocycles. The Morgan fingerprint density at radius 3 is 2.88 bits per heavy atom. The Hall–Kier alpha value is -0.920. The fourth-order valence-corrected chi connectivity index (χ4v) is 2.10. The zero-order valence-electron chi connectivity index (χ0n) is 9.61. The fraction of sp³-hybridized carbons (Fsp3) is 0.308. The second kappa shape index (κ2) is 6.73. The van der Waals surface area contributed by atoms with Crippen LogP contribution in [0.2, 0.25) is 0 Å². The zero-order valence-corrected chi connectivity index (χ0v) is 12.1. The van der Waals surface area contributed by atoms with Crippen molar-refractivity contribution in [3.8, 4) is 12.3 Å². The van der Waals surface area contributed by atoms with Gasteiger partial charge in [0.15, 0.2) is 0 Å². The Balaban J connectivity index is 3.00. The van der Waals surface area contributed by atoms with Crippen molar-refractivity contribution in [3.63, 3.8) is 0 Å². The van der Waals surface area contributed by atoms with Crippen LogP contribution in [-0.2, 0) is 0 Å². The quantitative estimate of drug-likeness (QED) is 0.668. The number of terminal acetylenes is 1. The van der Waals surface area contributed by atoms with Crippen LogP contribution in [0.1, 0.15) is 23.7 Å². The first-order valence-electron chi connectivity index (χ1n) is 5.31. The molecule has 0 spiro atoms. The standard InChI is InChI=1S/C13H14BrNOS/c1-3-7-15(8-4-2)13(16)11-9-10(17)5-6-12(11)14/h1,5-6,9,17H,4,7-8H2,2H3. The summed E-state index contributed by atoms with van der Waals surface area (Å²) in [6.45, 7) is 3.00. The van der Waals surface area contributed by atoms with Gasteiger partial charge in [0.25, 0.3) is 5.91 Å². The van der Waals surface area contributed by atoms with Crippen molar-refractivity contribution in [2.75, 3.05) is 13.1 Å². The van der Waals surface area contributed by atoms with E-state index < -0.39 is 0 Å². The number of thiol groups is 1. The summed E-state index contributed by atoms with van der Waals surface area (Å²) in [6.07, 6.45) is 6.15. The molecule has 0 radical (unpaired) electrons. The summed E-state index contributed by atoms with van der Waals surface area (Å²) >= 11 is 7.61. The number of amides is 1. The van der Waals surface area contributed by atoms with Gasteiger partial charge in [0.1, 0.15) is 0 Å². The summed E-state index contributed by atoms with van der Waals surface area (Å²) in [5.41, 5.74) is 0.598. The summed E-state index contributed by atoms with van der Waals surface area (Å²) < 4.78 is 0.762. The lowest BCUT2D eigenvalue weighted by Crippen LogP contribution is -2.32. The van der Waals surface area contributed by atoms with Crippen LogP contribution < -0.4 is 0 Å². The summed E-state index contributed by atoms with van der Waals surface area (Å²) in [4.78, 5) is 14.7. The average Bonchev–Trinajstić information content (AvgIpc) is 2.31. The van der Waals surface area contributed by atoms with E-state index >= 15 is 0 Å². The molecule has 0 saturated heterocycles. The lowest BCUT2D eigenvalue weighted by molar-refractivity contribution is 0.0775. The zero-order chi connectivity index (χ0) is 12.8. The maximum atomic E-state index is 12.3. The van der Waals surface area contributed by atoms with Crippen molar-refractivity contribution in [2.45, 2.75) is 18.2 Å². The smallest absolute Gasteiger partial charge is 0.255 e. The average molecular weight is 312 g/mol. The normalized spacial score (nSPS) is 9.76. The van der Waals surface area contributed by atoms with E-state index in [1.54, 1.807) is 11.0 Å². The van der Waals surface area contributed by atoms with E-state index in [4.69, 9.17) is 6.42 Å². The molecule has 1 aromatic carbocycles. The third-order valence-electron chi connectivity index (χ3n) is 2.24. The number of hydrogen-bond acceptors (Lipinski definition) is 2. The Bertz CT molecular complexity index is 453. The first kappa shape index (κ1) is 14.1. The number of carbonyl (C=O) groups is 1. The number of benzene rings is 1. The van der Waals surface area contributed by atoms with Crippen LogP contribution in [0, 0.1) is 12.3 Å². The maximum Gasteiger partial charge on any atom is 0.255 e. The summed E-state index contributed by atoms with van der Waals surface area (Å²) in [7, 11) is 0. The monoisotopic (exact) mass is 311 g/mol. The Morgan fingerprint density at radius 2 is 2.29 bits per heavy atom. The van der Waals surface area contributed by atoms with Crippen LogP contribution in [0.15, 0.2) is 27.6 Å². The van der Waals surface area contributed by atoms with Crippen LogP contribution >= 0.6 is 28.6 Å². The van der Waals surface area contributed by atoms with E-state index in [9.17, 15) is 4.79 Å². The Labute approximate surface area is 116 Å². The van der Waals surface area contributed by atoms with E-state index in [1.165, 1.54) is 0 Å². The van der Waals surface area contributed by atoms with Crippen molar-refractivity contribution in [3.05, 3.63) is 28.2 Å². The van der Waals surface area contributed by atoms with Crippen molar-refractivity contribution >= 4 is 34.5 Å². The van der Waals surface area contributed by atoms with Gasteiger partial charge in [0, 0.05) is 15.9 Å². The predicted molar refractivity (Wildman–Crippen MR) is 76.4 cm³/mol. The molecule has 0 unspecified atom stereocenters. The molecule has 2 nitrogen and oxygen atoms in total. The molecule has 17 heavy (non-hydrogen) atoms. The molecule has 0 N–H and O–H groups in total. The fourth-order valence-electron chi connectivity index (χ4n) is 1.48. The van der Waals surface area contributed by atoms with E-state index in [1.807, 2.05) is 19.1 Å². The number of halogens is 1. The van der Waals surface area contributed by atoms with Gasteiger partial charge < -0.3 is 4.90 Å². The second-order valence-corrected chi connectivity index (χ2v) is 4.97. The van der Waals surface area contributed by atoms with Gasteiger partial charge in [-0.3, -0.25) is 4.79 Å². The molecule has 1 aromatic rings. The van der Waals surface area contributed by atoms with Crippen molar-refractivity contribution in [1.29, 1.82) is 0 Å². The highest BCUT2D eigenvalue weighted by molar-refractivity contribution is 9.10. The minimum atomic E-state index is -0.0624. The van der Waals surface area contributed by atoms with Crippen molar-refractivity contribution < 1.29 is 4.79 Å². The Morgan fingerprint density at radius 1 is 1.59 bits per heavy atom. The molecule has 0 aliphatic carbocycles. The van der Waals surface area contributed by atoms with Gasteiger partial charge in [0.05, 0.1) is 12.1 Å². The highest BCUT2D eigenvalue weighted by atomic mass is 79.9. The number of nitrogens with zero attached hydrogens (tertiary/aromatic N) is 1. The van der Waals surface area contributed by atoms with E-state index in [-0.39, 0.29) is 5.91 Å². The largest absolute Gasteiger partial charge is 0.327 e. The first-order valence-corrected chi connectivity index (χ1v) is 6.55. The number of carbonyl (C=O) groups excluding carboxylic acids is 1. The molecule has 90 valence electrons. The summed E-state index contributed by atoms with van der Waals surface area (Å²) in [5, 5.41) is 0. The molecule has 0 aromatic heterocycles. The van der Waals surface area contributed by atoms with E-state index in [0.717, 1.165) is 15.8 Å². The van der Waals surface area contributed by atoms with E-state index in [2.05, 4.69) is 34.5 Å².